The molecule has 3 aromatic rings. The van der Waals surface area contributed by atoms with Gasteiger partial charge < -0.3 is 10.1 Å². The van der Waals surface area contributed by atoms with Crippen LogP contribution in [-0.2, 0) is 11.2 Å². The quantitative estimate of drug-likeness (QED) is 0.668. The molecule has 0 aliphatic rings. The number of rotatable bonds is 7. The first-order chi connectivity index (χ1) is 11.8. The summed E-state index contributed by atoms with van der Waals surface area (Å²) >= 11 is 3.31. The molecule has 0 aliphatic carbocycles. The number of benzene rings is 1. The highest BCUT2D eigenvalue weighted by Crippen LogP contribution is 2.27. The third kappa shape index (κ3) is 4.24. The molecule has 24 heavy (non-hydrogen) atoms. The van der Waals surface area contributed by atoms with Crippen molar-refractivity contribution in [3.63, 3.8) is 0 Å². The Morgan fingerprint density at radius 1 is 1.17 bits per heavy atom. The van der Waals surface area contributed by atoms with Crippen LogP contribution < -0.4 is 10.1 Å². The fourth-order valence-electron chi connectivity index (χ4n) is 2.50. The standard InChI is InChI=1S/C19H19NO2S2/c1-22-16-7-4-14(5-8-16)6-9-18(21)20-19(15-10-12-23-13-15)17-3-2-11-24-17/h2-5,7-8,10-13,19H,6,9H2,1H3,(H,20,21)/t19-/m1/s1. The number of thiophene rings is 2. The zero-order valence-electron chi connectivity index (χ0n) is 13.4. The van der Waals surface area contributed by atoms with Gasteiger partial charge in [0.2, 0.25) is 5.91 Å². The molecule has 2 heterocycles. The molecule has 3 rings (SSSR count). The van der Waals surface area contributed by atoms with E-state index in [0.717, 1.165) is 28.2 Å². The van der Waals surface area contributed by atoms with Crippen LogP contribution in [0.2, 0.25) is 0 Å². The number of nitrogens with one attached hydrogen (secondary N) is 1. The van der Waals surface area contributed by atoms with Crippen molar-refractivity contribution in [2.75, 3.05) is 7.11 Å². The van der Waals surface area contributed by atoms with Gasteiger partial charge in [0.25, 0.3) is 0 Å². The highest BCUT2D eigenvalue weighted by Gasteiger charge is 2.18. The fourth-order valence-corrected chi connectivity index (χ4v) is 3.99. The molecule has 0 bridgehead atoms. The van der Waals surface area contributed by atoms with Gasteiger partial charge in [-0.1, -0.05) is 18.2 Å². The summed E-state index contributed by atoms with van der Waals surface area (Å²) in [4.78, 5) is 13.6. The van der Waals surface area contributed by atoms with Crippen molar-refractivity contribution in [1.82, 2.24) is 5.32 Å². The number of hydrogen-bond acceptors (Lipinski definition) is 4. The Labute approximate surface area is 149 Å². The maximum atomic E-state index is 12.4. The monoisotopic (exact) mass is 357 g/mol. The van der Waals surface area contributed by atoms with Gasteiger partial charge in [-0.3, -0.25) is 4.79 Å². The lowest BCUT2D eigenvalue weighted by atomic mass is 10.1. The van der Waals surface area contributed by atoms with Crippen molar-refractivity contribution >= 4 is 28.6 Å². The second-order valence-electron chi connectivity index (χ2n) is 5.42. The molecule has 0 fully saturated rings. The van der Waals surface area contributed by atoms with E-state index in [1.807, 2.05) is 41.1 Å². The summed E-state index contributed by atoms with van der Waals surface area (Å²) in [5.41, 5.74) is 2.27. The number of hydrogen-bond donors (Lipinski definition) is 1. The Kier molecular flexibility index (Phi) is 5.67. The van der Waals surface area contributed by atoms with Crippen molar-refractivity contribution in [3.05, 3.63) is 74.6 Å². The summed E-state index contributed by atoms with van der Waals surface area (Å²) < 4.78 is 5.15. The maximum absolute atomic E-state index is 12.4. The summed E-state index contributed by atoms with van der Waals surface area (Å²) in [6.45, 7) is 0. The number of methoxy groups -OCH3 is 1. The summed E-state index contributed by atoms with van der Waals surface area (Å²) in [6.07, 6.45) is 1.19. The second kappa shape index (κ2) is 8.13. The summed E-state index contributed by atoms with van der Waals surface area (Å²) in [5, 5.41) is 9.34. The molecule has 0 unspecified atom stereocenters. The van der Waals surface area contributed by atoms with Crippen LogP contribution in [0.4, 0.5) is 0 Å². The Morgan fingerprint density at radius 2 is 2.00 bits per heavy atom. The first-order valence-electron chi connectivity index (χ1n) is 7.74. The van der Waals surface area contributed by atoms with E-state index >= 15 is 0 Å². The van der Waals surface area contributed by atoms with Crippen LogP contribution in [0.3, 0.4) is 0 Å². The van der Waals surface area contributed by atoms with Crippen molar-refractivity contribution < 1.29 is 9.53 Å². The van der Waals surface area contributed by atoms with Crippen LogP contribution in [0.25, 0.3) is 0 Å². The van der Waals surface area contributed by atoms with E-state index in [1.54, 1.807) is 29.8 Å². The van der Waals surface area contributed by atoms with Gasteiger partial charge in [-0.25, -0.2) is 0 Å². The molecule has 3 nitrogen and oxygen atoms in total. The summed E-state index contributed by atoms with van der Waals surface area (Å²) in [7, 11) is 1.65. The smallest absolute Gasteiger partial charge is 0.221 e. The Hall–Kier alpha value is -2.11. The average molecular weight is 358 g/mol. The van der Waals surface area contributed by atoms with Crippen molar-refractivity contribution in [3.8, 4) is 5.75 Å². The van der Waals surface area contributed by atoms with Crippen LogP contribution in [-0.4, -0.2) is 13.0 Å². The van der Waals surface area contributed by atoms with Gasteiger partial charge in [0.05, 0.1) is 13.2 Å². The zero-order chi connectivity index (χ0) is 16.8. The third-order valence-electron chi connectivity index (χ3n) is 3.81. The molecule has 0 spiro atoms. The fraction of sp³-hybridized carbons (Fsp3) is 0.211. The number of ether oxygens (including phenoxy) is 1. The van der Waals surface area contributed by atoms with Gasteiger partial charge in [-0.05, 0) is 58.0 Å². The molecule has 1 aromatic carbocycles. The molecule has 1 amide bonds. The van der Waals surface area contributed by atoms with Gasteiger partial charge in [-0.2, -0.15) is 11.3 Å². The Balaban J connectivity index is 1.61. The molecule has 124 valence electrons. The predicted octanol–water partition coefficient (Wildman–Crippen LogP) is 4.66. The van der Waals surface area contributed by atoms with Gasteiger partial charge in [0.15, 0.2) is 0 Å². The minimum atomic E-state index is -0.0559. The van der Waals surface area contributed by atoms with E-state index in [4.69, 9.17) is 4.74 Å². The summed E-state index contributed by atoms with van der Waals surface area (Å²) in [5.74, 6) is 0.897. The van der Waals surface area contributed by atoms with Gasteiger partial charge in [-0.15, -0.1) is 11.3 Å². The lowest BCUT2D eigenvalue weighted by Gasteiger charge is -2.16. The van der Waals surface area contributed by atoms with E-state index in [1.165, 1.54) is 0 Å². The minimum absolute atomic E-state index is 0.0559. The van der Waals surface area contributed by atoms with E-state index in [-0.39, 0.29) is 11.9 Å². The molecule has 0 radical (unpaired) electrons. The first-order valence-corrected chi connectivity index (χ1v) is 9.56. The lowest BCUT2D eigenvalue weighted by molar-refractivity contribution is -0.121. The molecule has 5 heteroatoms. The molecule has 1 atom stereocenters. The van der Waals surface area contributed by atoms with E-state index in [2.05, 4.69) is 22.8 Å². The number of aryl methyl sites for hydroxylation is 1. The predicted molar refractivity (Wildman–Crippen MR) is 99.9 cm³/mol. The highest BCUT2D eigenvalue weighted by atomic mass is 32.1. The Bertz CT molecular complexity index is 715. The maximum Gasteiger partial charge on any atom is 0.221 e. The largest absolute Gasteiger partial charge is 0.497 e. The zero-order valence-corrected chi connectivity index (χ0v) is 15.0. The molecular weight excluding hydrogens is 338 g/mol. The van der Waals surface area contributed by atoms with E-state index in [9.17, 15) is 4.79 Å². The second-order valence-corrected chi connectivity index (χ2v) is 7.18. The highest BCUT2D eigenvalue weighted by molar-refractivity contribution is 7.10. The van der Waals surface area contributed by atoms with Gasteiger partial charge in [0.1, 0.15) is 5.75 Å². The minimum Gasteiger partial charge on any atom is -0.497 e. The molecule has 0 saturated heterocycles. The number of carbonyl (C=O) groups is 1. The van der Waals surface area contributed by atoms with Crippen molar-refractivity contribution in [2.24, 2.45) is 0 Å². The number of amides is 1. The van der Waals surface area contributed by atoms with Crippen LogP contribution in [0.1, 0.15) is 28.5 Å². The van der Waals surface area contributed by atoms with Crippen LogP contribution in [0, 0.1) is 0 Å². The van der Waals surface area contributed by atoms with E-state index < -0.39 is 0 Å². The number of carbonyl (C=O) groups excluding carboxylic acids is 1. The molecule has 0 aliphatic heterocycles. The lowest BCUT2D eigenvalue weighted by Crippen LogP contribution is -2.28. The van der Waals surface area contributed by atoms with Crippen LogP contribution >= 0.6 is 22.7 Å². The summed E-state index contributed by atoms with van der Waals surface area (Å²) in [6, 6.07) is 13.9. The molecular formula is C19H19NO2S2. The topological polar surface area (TPSA) is 38.3 Å². The average Bonchev–Trinajstić information content (AvgIpc) is 3.32. The third-order valence-corrected chi connectivity index (χ3v) is 5.45. The van der Waals surface area contributed by atoms with Crippen LogP contribution in [0.5, 0.6) is 5.75 Å². The van der Waals surface area contributed by atoms with Gasteiger partial charge in [0, 0.05) is 11.3 Å². The normalized spacial score (nSPS) is 11.9. The first kappa shape index (κ1) is 16.7. The SMILES string of the molecule is COc1ccc(CCC(=O)N[C@H](c2ccsc2)c2cccs2)cc1. The Morgan fingerprint density at radius 3 is 2.62 bits per heavy atom. The molecule has 1 N–H and O–H groups in total. The van der Waals surface area contributed by atoms with Gasteiger partial charge >= 0.3 is 0 Å². The molecule has 0 saturated carbocycles. The molecule has 2 aromatic heterocycles. The van der Waals surface area contributed by atoms with E-state index in [0.29, 0.717) is 6.42 Å². The van der Waals surface area contributed by atoms with Crippen molar-refractivity contribution in [2.45, 2.75) is 18.9 Å². The van der Waals surface area contributed by atoms with Crippen molar-refractivity contribution in [1.29, 1.82) is 0 Å². The van der Waals surface area contributed by atoms with Crippen LogP contribution in [0.15, 0.2) is 58.6 Å².